The van der Waals surface area contributed by atoms with Crippen molar-refractivity contribution in [2.45, 2.75) is 27.2 Å². The molecule has 1 fully saturated rings. The van der Waals surface area contributed by atoms with Gasteiger partial charge in [-0.2, -0.15) is 0 Å². The number of nitrogens with zero attached hydrogens (tertiary/aromatic N) is 1. The number of amides is 2. The molecule has 0 radical (unpaired) electrons. The summed E-state index contributed by atoms with van der Waals surface area (Å²) < 4.78 is 0. The van der Waals surface area contributed by atoms with Gasteiger partial charge < -0.3 is 10.2 Å². The molecule has 0 spiro atoms. The van der Waals surface area contributed by atoms with Crippen LogP contribution in [-0.4, -0.2) is 24.9 Å². The number of aryl methyl sites for hydroxylation is 1. The number of hydrogen-bond acceptors (Lipinski definition) is 2. The molecule has 2 amide bonds. The summed E-state index contributed by atoms with van der Waals surface area (Å²) in [7, 11) is 0. The standard InChI is InChI=1S/C16H21ClN2O2/c1-10(2)8-18-16(21)12-6-15(20)19(9-12)13-5-4-11(3)14(17)7-13/h4-5,7,10,12H,6,8-9H2,1-3H3,(H,18,21)/t12-/m1/s1. The van der Waals surface area contributed by atoms with Gasteiger partial charge in [0.15, 0.2) is 0 Å². The zero-order valence-corrected chi connectivity index (χ0v) is 13.4. The summed E-state index contributed by atoms with van der Waals surface area (Å²) in [6, 6.07) is 5.54. The van der Waals surface area contributed by atoms with E-state index in [0.29, 0.717) is 24.0 Å². The molecular weight excluding hydrogens is 288 g/mol. The van der Waals surface area contributed by atoms with Crippen LogP contribution in [0.4, 0.5) is 5.69 Å². The van der Waals surface area contributed by atoms with Crippen molar-refractivity contribution < 1.29 is 9.59 Å². The Balaban J connectivity index is 2.05. The Morgan fingerprint density at radius 1 is 1.48 bits per heavy atom. The molecule has 1 aliphatic rings. The Morgan fingerprint density at radius 3 is 2.81 bits per heavy atom. The van der Waals surface area contributed by atoms with Crippen molar-refractivity contribution in [1.29, 1.82) is 0 Å². The highest BCUT2D eigenvalue weighted by Crippen LogP contribution is 2.28. The van der Waals surface area contributed by atoms with Crippen molar-refractivity contribution in [1.82, 2.24) is 5.32 Å². The molecule has 1 aliphatic heterocycles. The molecule has 5 heteroatoms. The number of anilines is 1. The van der Waals surface area contributed by atoms with Gasteiger partial charge in [-0.1, -0.05) is 31.5 Å². The summed E-state index contributed by atoms with van der Waals surface area (Å²) in [6.07, 6.45) is 0.259. The van der Waals surface area contributed by atoms with Crippen molar-refractivity contribution in [3.05, 3.63) is 28.8 Å². The smallest absolute Gasteiger partial charge is 0.227 e. The van der Waals surface area contributed by atoms with Crippen LogP contribution in [0, 0.1) is 18.8 Å². The molecule has 1 heterocycles. The van der Waals surface area contributed by atoms with Gasteiger partial charge in [0.1, 0.15) is 0 Å². The van der Waals surface area contributed by atoms with Gasteiger partial charge in [-0.3, -0.25) is 9.59 Å². The van der Waals surface area contributed by atoms with Crippen LogP contribution in [-0.2, 0) is 9.59 Å². The van der Waals surface area contributed by atoms with Crippen molar-refractivity contribution in [3.8, 4) is 0 Å². The lowest BCUT2D eigenvalue weighted by atomic mass is 10.1. The molecule has 1 atom stereocenters. The fourth-order valence-corrected chi connectivity index (χ4v) is 2.51. The van der Waals surface area contributed by atoms with Crippen LogP contribution in [0.5, 0.6) is 0 Å². The molecule has 0 aromatic heterocycles. The Morgan fingerprint density at radius 2 is 2.19 bits per heavy atom. The Hall–Kier alpha value is -1.55. The predicted octanol–water partition coefficient (Wildman–Crippen LogP) is 2.77. The van der Waals surface area contributed by atoms with Crippen LogP contribution >= 0.6 is 11.6 Å². The second kappa shape index (κ2) is 6.48. The Kier molecular flexibility index (Phi) is 4.88. The summed E-state index contributed by atoms with van der Waals surface area (Å²) in [5.41, 5.74) is 1.73. The van der Waals surface area contributed by atoms with E-state index in [1.807, 2.05) is 32.9 Å². The lowest BCUT2D eigenvalue weighted by Crippen LogP contribution is -2.35. The van der Waals surface area contributed by atoms with Gasteiger partial charge in [0.25, 0.3) is 0 Å². The van der Waals surface area contributed by atoms with Gasteiger partial charge in [-0.25, -0.2) is 0 Å². The van der Waals surface area contributed by atoms with E-state index >= 15 is 0 Å². The first-order chi connectivity index (χ1) is 9.88. The summed E-state index contributed by atoms with van der Waals surface area (Å²) in [5.74, 6) is 0.0479. The topological polar surface area (TPSA) is 49.4 Å². The first-order valence-corrected chi connectivity index (χ1v) is 7.60. The third-order valence-electron chi connectivity index (χ3n) is 3.65. The Bertz CT molecular complexity index is 557. The third-order valence-corrected chi connectivity index (χ3v) is 4.05. The Labute approximate surface area is 130 Å². The monoisotopic (exact) mass is 308 g/mol. The van der Waals surface area contributed by atoms with Gasteiger partial charge in [0.2, 0.25) is 11.8 Å². The summed E-state index contributed by atoms with van der Waals surface area (Å²) >= 11 is 6.11. The molecule has 4 nitrogen and oxygen atoms in total. The molecule has 1 saturated heterocycles. The molecule has 1 aromatic carbocycles. The lowest BCUT2D eigenvalue weighted by Gasteiger charge is -2.17. The van der Waals surface area contributed by atoms with E-state index in [9.17, 15) is 9.59 Å². The molecular formula is C16H21ClN2O2. The molecule has 0 saturated carbocycles. The van der Waals surface area contributed by atoms with Crippen molar-refractivity contribution in [3.63, 3.8) is 0 Å². The van der Waals surface area contributed by atoms with Crippen LogP contribution in [0.1, 0.15) is 25.8 Å². The quantitative estimate of drug-likeness (QED) is 0.930. The minimum atomic E-state index is -0.281. The number of carbonyl (C=O) groups is 2. The fraction of sp³-hybridized carbons (Fsp3) is 0.500. The van der Waals surface area contributed by atoms with Gasteiger partial charge in [-0.05, 0) is 30.5 Å². The normalized spacial score (nSPS) is 18.4. The van der Waals surface area contributed by atoms with Gasteiger partial charge in [-0.15, -0.1) is 0 Å². The van der Waals surface area contributed by atoms with Crippen LogP contribution in [0.25, 0.3) is 0 Å². The van der Waals surface area contributed by atoms with E-state index < -0.39 is 0 Å². The number of hydrogen-bond donors (Lipinski definition) is 1. The van der Waals surface area contributed by atoms with Crippen LogP contribution in [0.2, 0.25) is 5.02 Å². The molecule has 0 bridgehead atoms. The maximum absolute atomic E-state index is 12.1. The summed E-state index contributed by atoms with van der Waals surface area (Å²) in [4.78, 5) is 25.8. The van der Waals surface area contributed by atoms with Crippen LogP contribution < -0.4 is 10.2 Å². The van der Waals surface area contributed by atoms with Gasteiger partial charge >= 0.3 is 0 Å². The largest absolute Gasteiger partial charge is 0.356 e. The van der Waals surface area contributed by atoms with E-state index in [4.69, 9.17) is 11.6 Å². The number of halogens is 1. The van der Waals surface area contributed by atoms with E-state index in [0.717, 1.165) is 11.3 Å². The van der Waals surface area contributed by atoms with E-state index in [-0.39, 0.29) is 24.2 Å². The highest BCUT2D eigenvalue weighted by molar-refractivity contribution is 6.31. The second-order valence-corrected chi connectivity index (χ2v) is 6.39. The molecule has 0 unspecified atom stereocenters. The molecule has 114 valence electrons. The first kappa shape index (κ1) is 15.8. The number of rotatable bonds is 4. The van der Waals surface area contributed by atoms with E-state index in [1.54, 1.807) is 11.0 Å². The van der Waals surface area contributed by atoms with Crippen molar-refractivity contribution in [2.75, 3.05) is 18.0 Å². The fourth-order valence-electron chi connectivity index (χ4n) is 2.33. The summed E-state index contributed by atoms with van der Waals surface area (Å²) in [6.45, 7) is 7.06. The molecule has 21 heavy (non-hydrogen) atoms. The zero-order valence-electron chi connectivity index (χ0n) is 12.6. The van der Waals surface area contributed by atoms with Crippen molar-refractivity contribution in [2.24, 2.45) is 11.8 Å². The average molecular weight is 309 g/mol. The number of benzene rings is 1. The molecule has 1 N–H and O–H groups in total. The predicted molar refractivity (Wildman–Crippen MR) is 84.5 cm³/mol. The summed E-state index contributed by atoms with van der Waals surface area (Å²) in [5, 5.41) is 3.53. The number of carbonyl (C=O) groups excluding carboxylic acids is 2. The maximum atomic E-state index is 12.1. The minimum Gasteiger partial charge on any atom is -0.356 e. The highest BCUT2D eigenvalue weighted by Gasteiger charge is 2.35. The molecule has 1 aromatic rings. The first-order valence-electron chi connectivity index (χ1n) is 7.22. The van der Waals surface area contributed by atoms with Crippen LogP contribution in [0.3, 0.4) is 0 Å². The van der Waals surface area contributed by atoms with E-state index in [1.165, 1.54) is 0 Å². The van der Waals surface area contributed by atoms with Crippen molar-refractivity contribution >= 4 is 29.1 Å². The average Bonchev–Trinajstić information content (AvgIpc) is 2.81. The minimum absolute atomic E-state index is 0.0281. The maximum Gasteiger partial charge on any atom is 0.227 e. The second-order valence-electron chi connectivity index (χ2n) is 5.98. The lowest BCUT2D eigenvalue weighted by molar-refractivity contribution is -0.126. The highest BCUT2D eigenvalue weighted by atomic mass is 35.5. The van der Waals surface area contributed by atoms with E-state index in [2.05, 4.69) is 5.32 Å². The molecule has 2 rings (SSSR count). The van der Waals surface area contributed by atoms with Crippen LogP contribution in [0.15, 0.2) is 18.2 Å². The van der Waals surface area contributed by atoms with Gasteiger partial charge in [0.05, 0.1) is 5.92 Å². The zero-order chi connectivity index (χ0) is 15.6. The SMILES string of the molecule is Cc1ccc(N2C[C@H](C(=O)NCC(C)C)CC2=O)cc1Cl. The molecule has 0 aliphatic carbocycles. The van der Waals surface area contributed by atoms with Gasteiger partial charge in [0, 0.05) is 30.2 Å². The third kappa shape index (κ3) is 3.76. The number of nitrogens with one attached hydrogen (secondary N) is 1.